The average molecular weight is 384 g/mol. The maximum atomic E-state index is 8.92. The normalized spacial score (nSPS) is 14.2. The van der Waals surface area contributed by atoms with Gasteiger partial charge in [0.2, 0.25) is 0 Å². The van der Waals surface area contributed by atoms with Crippen LogP contribution in [0.2, 0.25) is 0 Å². The van der Waals surface area contributed by atoms with Crippen LogP contribution < -0.4 is 11.1 Å². The summed E-state index contributed by atoms with van der Waals surface area (Å²) >= 11 is 0. The van der Waals surface area contributed by atoms with E-state index in [1.54, 1.807) is 0 Å². The average Bonchev–Trinajstić information content (AvgIpc) is 2.84. The molecule has 20 heavy (non-hydrogen) atoms. The van der Waals surface area contributed by atoms with Crippen molar-refractivity contribution in [1.29, 1.82) is 5.26 Å². The van der Waals surface area contributed by atoms with Crippen LogP contribution in [-0.4, -0.2) is 12.5 Å². The lowest BCUT2D eigenvalue weighted by atomic mass is 9.96. The minimum absolute atomic E-state index is 0. The van der Waals surface area contributed by atoms with E-state index in [-0.39, 0.29) is 24.0 Å². The van der Waals surface area contributed by atoms with E-state index in [1.165, 1.54) is 24.0 Å². The van der Waals surface area contributed by atoms with E-state index in [0.717, 1.165) is 12.1 Å². The number of aryl methyl sites for hydroxylation is 2. The Hall–Kier alpha value is -1.29. The van der Waals surface area contributed by atoms with E-state index in [4.69, 9.17) is 11.0 Å². The highest BCUT2D eigenvalue weighted by atomic mass is 127. The quantitative estimate of drug-likeness (QED) is 0.478. The number of nitrogens with zero attached hydrogens (tertiary/aromatic N) is 2. The molecule has 0 saturated heterocycles. The Labute approximate surface area is 137 Å². The SMILES string of the molecule is CC(C)(C#N)CN=C(N)Nc1ccc2c(c1)CCC2.I. The van der Waals surface area contributed by atoms with Gasteiger partial charge in [0.15, 0.2) is 5.96 Å². The standard InChI is InChI=1S/C15H20N4.HI/c1-15(2,9-16)10-18-14(17)19-13-7-6-11-4-3-5-12(11)8-13;/h6-8H,3-5,10H2,1-2H3,(H3,17,18,19);1H. The molecule has 0 radical (unpaired) electrons. The van der Waals surface area contributed by atoms with Gasteiger partial charge in [-0.15, -0.1) is 24.0 Å². The lowest BCUT2D eigenvalue weighted by Gasteiger charge is -2.13. The van der Waals surface area contributed by atoms with Crippen molar-refractivity contribution >= 4 is 35.6 Å². The van der Waals surface area contributed by atoms with Gasteiger partial charge in [0, 0.05) is 5.69 Å². The molecule has 0 aliphatic heterocycles. The number of halogens is 1. The van der Waals surface area contributed by atoms with Crippen molar-refractivity contribution in [2.75, 3.05) is 11.9 Å². The number of hydrogen-bond acceptors (Lipinski definition) is 2. The van der Waals surface area contributed by atoms with Gasteiger partial charge in [0.1, 0.15) is 0 Å². The van der Waals surface area contributed by atoms with Crippen LogP contribution in [0.15, 0.2) is 23.2 Å². The number of fused-ring (bicyclic) bond motifs is 1. The zero-order chi connectivity index (χ0) is 13.9. The molecule has 1 aromatic rings. The Morgan fingerprint density at radius 2 is 2.10 bits per heavy atom. The second-order valence-electron chi connectivity index (χ2n) is 5.66. The maximum absolute atomic E-state index is 8.92. The topological polar surface area (TPSA) is 74.2 Å². The number of nitriles is 1. The second kappa shape index (κ2) is 6.93. The van der Waals surface area contributed by atoms with Gasteiger partial charge in [0.05, 0.1) is 18.0 Å². The van der Waals surface area contributed by atoms with Gasteiger partial charge in [-0.3, -0.25) is 4.99 Å². The predicted octanol–water partition coefficient (Wildman–Crippen LogP) is 3.07. The number of anilines is 1. The zero-order valence-corrected chi connectivity index (χ0v) is 14.3. The molecule has 2 rings (SSSR count). The van der Waals surface area contributed by atoms with Crippen molar-refractivity contribution in [3.05, 3.63) is 29.3 Å². The van der Waals surface area contributed by atoms with Gasteiger partial charge in [-0.1, -0.05) is 6.07 Å². The summed E-state index contributed by atoms with van der Waals surface area (Å²) in [4.78, 5) is 4.22. The number of nitrogens with one attached hydrogen (secondary N) is 1. The Morgan fingerprint density at radius 3 is 2.80 bits per heavy atom. The summed E-state index contributed by atoms with van der Waals surface area (Å²) in [5.74, 6) is 0.362. The number of hydrogen-bond donors (Lipinski definition) is 2. The minimum Gasteiger partial charge on any atom is -0.370 e. The molecule has 1 aromatic carbocycles. The summed E-state index contributed by atoms with van der Waals surface area (Å²) < 4.78 is 0. The Bertz CT molecular complexity index is 543. The smallest absolute Gasteiger partial charge is 0.193 e. The van der Waals surface area contributed by atoms with Crippen molar-refractivity contribution in [2.24, 2.45) is 16.1 Å². The molecule has 0 fully saturated rings. The van der Waals surface area contributed by atoms with E-state index >= 15 is 0 Å². The Kier molecular flexibility index (Phi) is 5.81. The highest BCUT2D eigenvalue weighted by Crippen LogP contribution is 2.24. The molecule has 0 bridgehead atoms. The maximum Gasteiger partial charge on any atom is 0.193 e. The first kappa shape index (κ1) is 16.8. The fourth-order valence-corrected chi connectivity index (χ4v) is 2.16. The molecule has 3 N–H and O–H groups in total. The van der Waals surface area contributed by atoms with Gasteiger partial charge in [-0.05, 0) is 56.4 Å². The molecule has 1 aliphatic carbocycles. The van der Waals surface area contributed by atoms with Crippen LogP contribution in [0, 0.1) is 16.7 Å². The predicted molar refractivity (Wildman–Crippen MR) is 93.4 cm³/mol. The van der Waals surface area contributed by atoms with Crippen LogP contribution in [0.5, 0.6) is 0 Å². The molecule has 0 saturated carbocycles. The number of aliphatic imine (C=N–C) groups is 1. The molecular weight excluding hydrogens is 363 g/mol. The van der Waals surface area contributed by atoms with Crippen molar-refractivity contribution in [2.45, 2.75) is 33.1 Å². The molecule has 0 aromatic heterocycles. The van der Waals surface area contributed by atoms with Crippen LogP contribution >= 0.6 is 24.0 Å². The summed E-state index contributed by atoms with van der Waals surface area (Å²) in [5.41, 5.74) is 9.16. The van der Waals surface area contributed by atoms with Crippen molar-refractivity contribution in [1.82, 2.24) is 0 Å². The van der Waals surface area contributed by atoms with Crippen LogP contribution in [0.1, 0.15) is 31.4 Å². The summed E-state index contributed by atoms with van der Waals surface area (Å²) in [6, 6.07) is 8.52. The van der Waals surface area contributed by atoms with Gasteiger partial charge < -0.3 is 11.1 Å². The Morgan fingerprint density at radius 1 is 1.40 bits per heavy atom. The number of benzene rings is 1. The molecule has 0 unspecified atom stereocenters. The third-order valence-electron chi connectivity index (χ3n) is 3.32. The fourth-order valence-electron chi connectivity index (χ4n) is 2.16. The summed E-state index contributed by atoms with van der Waals surface area (Å²) in [6.07, 6.45) is 3.55. The monoisotopic (exact) mass is 384 g/mol. The highest BCUT2D eigenvalue weighted by Gasteiger charge is 2.16. The van der Waals surface area contributed by atoms with Crippen LogP contribution in [-0.2, 0) is 12.8 Å². The lowest BCUT2D eigenvalue weighted by Crippen LogP contribution is -2.25. The van der Waals surface area contributed by atoms with E-state index in [2.05, 4.69) is 28.5 Å². The highest BCUT2D eigenvalue weighted by molar-refractivity contribution is 14.0. The largest absolute Gasteiger partial charge is 0.370 e. The van der Waals surface area contributed by atoms with E-state index in [1.807, 2.05) is 19.9 Å². The van der Waals surface area contributed by atoms with Crippen LogP contribution in [0.25, 0.3) is 0 Å². The van der Waals surface area contributed by atoms with E-state index < -0.39 is 5.41 Å². The summed E-state index contributed by atoms with van der Waals surface area (Å²) in [6.45, 7) is 4.09. The van der Waals surface area contributed by atoms with Gasteiger partial charge in [-0.2, -0.15) is 5.26 Å². The third kappa shape index (κ3) is 4.37. The van der Waals surface area contributed by atoms with Gasteiger partial charge in [-0.25, -0.2) is 0 Å². The lowest BCUT2D eigenvalue weighted by molar-refractivity contribution is 0.512. The van der Waals surface area contributed by atoms with Gasteiger partial charge >= 0.3 is 0 Å². The van der Waals surface area contributed by atoms with Crippen molar-refractivity contribution < 1.29 is 0 Å². The molecule has 108 valence electrons. The first-order valence-corrected chi connectivity index (χ1v) is 6.60. The molecular formula is C15H21IN4. The van der Waals surface area contributed by atoms with Crippen LogP contribution in [0.4, 0.5) is 5.69 Å². The number of rotatable bonds is 3. The zero-order valence-electron chi connectivity index (χ0n) is 11.9. The first-order valence-electron chi connectivity index (χ1n) is 6.60. The molecule has 0 amide bonds. The van der Waals surface area contributed by atoms with E-state index in [9.17, 15) is 0 Å². The molecule has 1 aliphatic rings. The number of nitrogens with two attached hydrogens (primary N) is 1. The molecule has 0 heterocycles. The van der Waals surface area contributed by atoms with Crippen molar-refractivity contribution in [3.63, 3.8) is 0 Å². The molecule has 0 atom stereocenters. The van der Waals surface area contributed by atoms with Crippen molar-refractivity contribution in [3.8, 4) is 6.07 Å². The van der Waals surface area contributed by atoms with Gasteiger partial charge in [0.25, 0.3) is 0 Å². The summed E-state index contributed by atoms with van der Waals surface area (Å²) in [5, 5.41) is 12.0. The van der Waals surface area contributed by atoms with E-state index in [0.29, 0.717) is 12.5 Å². The molecule has 4 nitrogen and oxygen atoms in total. The van der Waals surface area contributed by atoms with Crippen LogP contribution in [0.3, 0.4) is 0 Å². The molecule has 0 spiro atoms. The summed E-state index contributed by atoms with van der Waals surface area (Å²) in [7, 11) is 0. The second-order valence-corrected chi connectivity index (χ2v) is 5.66. The Balaban J connectivity index is 0.00000200. The first-order chi connectivity index (χ1) is 9.00. The third-order valence-corrected chi connectivity index (χ3v) is 3.32. The minimum atomic E-state index is -0.482. The molecule has 5 heteroatoms. The number of guanidine groups is 1. The fraction of sp³-hybridized carbons (Fsp3) is 0.467.